The zero-order valence-electron chi connectivity index (χ0n) is 8.44. The van der Waals surface area contributed by atoms with Gasteiger partial charge in [-0.25, -0.2) is 0 Å². The van der Waals surface area contributed by atoms with Gasteiger partial charge in [0.05, 0.1) is 0 Å². The van der Waals surface area contributed by atoms with E-state index in [9.17, 15) is 18.0 Å². The van der Waals surface area contributed by atoms with Gasteiger partial charge < -0.3 is 10.0 Å². The number of aliphatic carboxylic acids is 1. The molecule has 0 amide bonds. The molecule has 94 valence electrons. The Labute approximate surface area is 98.2 Å². The molecule has 0 fully saturated rings. The molecule has 5 nitrogen and oxygen atoms in total. The summed E-state index contributed by atoms with van der Waals surface area (Å²) in [6.45, 7) is 3.01. The van der Waals surface area contributed by atoms with Crippen molar-refractivity contribution in [3.05, 3.63) is 17.7 Å². The lowest BCUT2D eigenvalue weighted by atomic mass is 10.5. The van der Waals surface area contributed by atoms with E-state index in [0.29, 0.717) is 11.3 Å². The summed E-state index contributed by atoms with van der Waals surface area (Å²) in [4.78, 5) is 11.7. The summed E-state index contributed by atoms with van der Waals surface area (Å²) in [5.41, 5.74) is 0. The van der Waals surface area contributed by atoms with E-state index >= 15 is 0 Å². The molecule has 0 aromatic carbocycles. The second-order valence-corrected chi connectivity index (χ2v) is 3.91. The van der Waals surface area contributed by atoms with Crippen molar-refractivity contribution in [2.75, 3.05) is 18.0 Å². The maximum atomic E-state index is 12.3. The Balaban J connectivity index is 2.91. The number of rotatable bonds is 5. The number of hydrogen-bond donors (Lipinski definition) is 1. The molecule has 0 radical (unpaired) electrons. The highest BCUT2D eigenvalue weighted by Gasteiger charge is 2.36. The second kappa shape index (κ2) is 5.13. The van der Waals surface area contributed by atoms with Crippen molar-refractivity contribution >= 4 is 22.4 Å². The van der Waals surface area contributed by atoms with Crippen LogP contribution >= 0.6 is 11.3 Å². The van der Waals surface area contributed by atoms with E-state index in [1.165, 1.54) is 6.08 Å². The van der Waals surface area contributed by atoms with Crippen LogP contribution in [0.3, 0.4) is 0 Å². The molecular formula is C8H8F3N3O2S. The first-order valence-electron chi connectivity index (χ1n) is 4.33. The average molecular weight is 267 g/mol. The minimum Gasteiger partial charge on any atom is -0.480 e. The van der Waals surface area contributed by atoms with Crippen molar-refractivity contribution in [1.82, 2.24) is 10.2 Å². The molecule has 0 saturated heterocycles. The van der Waals surface area contributed by atoms with Gasteiger partial charge in [-0.2, -0.15) is 13.2 Å². The summed E-state index contributed by atoms with van der Waals surface area (Å²) < 4.78 is 36.8. The van der Waals surface area contributed by atoms with Crippen LogP contribution in [0, 0.1) is 0 Å². The van der Waals surface area contributed by atoms with Crippen LogP contribution in [0.2, 0.25) is 0 Å². The summed E-state index contributed by atoms with van der Waals surface area (Å²) in [5, 5.41) is 13.7. The number of hydrogen-bond acceptors (Lipinski definition) is 5. The van der Waals surface area contributed by atoms with E-state index in [1.807, 2.05) is 0 Å². The van der Waals surface area contributed by atoms with Crippen LogP contribution in [0.25, 0.3) is 0 Å². The van der Waals surface area contributed by atoms with Crippen molar-refractivity contribution in [1.29, 1.82) is 0 Å². The van der Waals surface area contributed by atoms with E-state index in [1.54, 1.807) is 0 Å². The van der Waals surface area contributed by atoms with Gasteiger partial charge in [-0.1, -0.05) is 17.4 Å². The summed E-state index contributed by atoms with van der Waals surface area (Å²) >= 11 is 0.297. The molecule has 1 aromatic heterocycles. The Kier molecular flexibility index (Phi) is 4.05. The first kappa shape index (κ1) is 13.4. The Hall–Kier alpha value is -1.64. The van der Waals surface area contributed by atoms with Crippen molar-refractivity contribution < 1.29 is 23.1 Å². The third-order valence-electron chi connectivity index (χ3n) is 1.60. The lowest BCUT2D eigenvalue weighted by molar-refractivity contribution is -0.138. The summed E-state index contributed by atoms with van der Waals surface area (Å²) in [6.07, 6.45) is -3.20. The third-order valence-corrected chi connectivity index (χ3v) is 2.63. The number of aromatic nitrogens is 2. The Bertz CT molecular complexity index is 418. The van der Waals surface area contributed by atoms with Gasteiger partial charge in [-0.05, 0) is 0 Å². The fraction of sp³-hybridized carbons (Fsp3) is 0.375. The summed E-state index contributed by atoms with van der Waals surface area (Å²) in [5.74, 6) is -1.17. The topological polar surface area (TPSA) is 66.3 Å². The van der Waals surface area contributed by atoms with Crippen molar-refractivity contribution in [3.8, 4) is 0 Å². The zero-order valence-corrected chi connectivity index (χ0v) is 9.25. The van der Waals surface area contributed by atoms with Crippen LogP contribution in [-0.4, -0.2) is 34.4 Å². The minimum absolute atomic E-state index is 0.0821. The normalized spacial score (nSPS) is 11.2. The van der Waals surface area contributed by atoms with Crippen LogP contribution in [0.4, 0.5) is 18.3 Å². The molecule has 0 aliphatic carbocycles. The van der Waals surface area contributed by atoms with Crippen LogP contribution in [0.15, 0.2) is 12.7 Å². The first-order valence-corrected chi connectivity index (χ1v) is 5.14. The summed E-state index contributed by atoms with van der Waals surface area (Å²) in [6, 6.07) is 0. The molecule has 9 heteroatoms. The maximum absolute atomic E-state index is 12.3. The molecule has 1 aromatic rings. The van der Waals surface area contributed by atoms with E-state index in [4.69, 9.17) is 5.11 Å². The lowest BCUT2D eigenvalue weighted by Crippen LogP contribution is -2.29. The molecule has 0 bridgehead atoms. The van der Waals surface area contributed by atoms with Gasteiger partial charge in [-0.15, -0.1) is 16.8 Å². The zero-order chi connectivity index (χ0) is 13.1. The number of anilines is 1. The van der Waals surface area contributed by atoms with E-state index in [0.717, 1.165) is 4.90 Å². The number of nitrogens with zero attached hydrogens (tertiary/aromatic N) is 3. The fourth-order valence-electron chi connectivity index (χ4n) is 0.987. The minimum atomic E-state index is -4.57. The lowest BCUT2D eigenvalue weighted by Gasteiger charge is -2.16. The van der Waals surface area contributed by atoms with Crippen LogP contribution in [0.1, 0.15) is 5.01 Å². The SMILES string of the molecule is C=CCN(CC(=O)O)c1nnc(C(F)(F)F)s1. The molecule has 1 heterocycles. The molecule has 0 atom stereocenters. The number of alkyl halides is 3. The smallest absolute Gasteiger partial charge is 0.445 e. The molecule has 0 saturated carbocycles. The average Bonchev–Trinajstić information content (AvgIpc) is 2.64. The van der Waals surface area contributed by atoms with Gasteiger partial charge >= 0.3 is 12.1 Å². The number of halogens is 3. The van der Waals surface area contributed by atoms with Gasteiger partial charge in [-0.3, -0.25) is 4.79 Å². The quantitative estimate of drug-likeness (QED) is 0.821. The van der Waals surface area contributed by atoms with Crippen LogP contribution in [-0.2, 0) is 11.0 Å². The molecule has 0 aliphatic rings. The van der Waals surface area contributed by atoms with Crippen molar-refractivity contribution in [2.45, 2.75) is 6.18 Å². The Morgan fingerprint density at radius 2 is 2.18 bits per heavy atom. The second-order valence-electron chi connectivity index (χ2n) is 2.95. The van der Waals surface area contributed by atoms with Gasteiger partial charge in [0.2, 0.25) is 10.1 Å². The number of carboxylic acid groups (broad SMARTS) is 1. The van der Waals surface area contributed by atoms with Gasteiger partial charge in [0.15, 0.2) is 0 Å². The highest BCUT2D eigenvalue weighted by atomic mass is 32.1. The highest BCUT2D eigenvalue weighted by molar-refractivity contribution is 7.15. The van der Waals surface area contributed by atoms with Crippen molar-refractivity contribution in [2.24, 2.45) is 0 Å². The predicted octanol–water partition coefficient (Wildman–Crippen LogP) is 1.63. The molecular weight excluding hydrogens is 259 g/mol. The molecule has 0 unspecified atom stereocenters. The highest BCUT2D eigenvalue weighted by Crippen LogP contribution is 2.34. The number of carbonyl (C=O) groups is 1. The Morgan fingerprint density at radius 1 is 1.53 bits per heavy atom. The summed E-state index contributed by atoms with van der Waals surface area (Å²) in [7, 11) is 0. The van der Waals surface area contributed by atoms with Crippen LogP contribution < -0.4 is 4.90 Å². The standard InChI is InChI=1S/C8H8F3N3O2S/c1-2-3-14(4-5(15)16)7-13-12-6(17-7)8(9,10)11/h2H,1,3-4H2,(H,15,16). The molecule has 1 N–H and O–H groups in total. The third kappa shape index (κ3) is 3.70. The van der Waals surface area contributed by atoms with E-state index < -0.39 is 23.7 Å². The first-order chi connectivity index (χ1) is 7.84. The van der Waals surface area contributed by atoms with Gasteiger partial charge in [0, 0.05) is 6.54 Å². The number of carboxylic acids is 1. The molecule has 1 rings (SSSR count). The van der Waals surface area contributed by atoms with Gasteiger partial charge in [0.1, 0.15) is 6.54 Å². The van der Waals surface area contributed by atoms with Gasteiger partial charge in [0.25, 0.3) is 0 Å². The predicted molar refractivity (Wildman–Crippen MR) is 55.0 cm³/mol. The molecule has 0 aliphatic heterocycles. The largest absolute Gasteiger partial charge is 0.480 e. The monoisotopic (exact) mass is 267 g/mol. The van der Waals surface area contributed by atoms with Crippen molar-refractivity contribution in [3.63, 3.8) is 0 Å². The van der Waals surface area contributed by atoms with E-state index in [-0.39, 0.29) is 11.7 Å². The van der Waals surface area contributed by atoms with E-state index in [2.05, 4.69) is 16.8 Å². The Morgan fingerprint density at radius 3 is 2.59 bits per heavy atom. The maximum Gasteiger partial charge on any atom is 0.445 e. The fourth-order valence-corrected chi connectivity index (χ4v) is 1.71. The van der Waals surface area contributed by atoms with Crippen LogP contribution in [0.5, 0.6) is 0 Å². The molecule has 17 heavy (non-hydrogen) atoms. The molecule has 0 spiro atoms.